The normalized spacial score (nSPS) is 16.4. The minimum atomic E-state index is -0.543. The third kappa shape index (κ3) is 3.25. The summed E-state index contributed by atoms with van der Waals surface area (Å²) in [5, 5.41) is 6.70. The van der Waals surface area contributed by atoms with Gasteiger partial charge in [0.05, 0.1) is 5.41 Å². The predicted octanol–water partition coefficient (Wildman–Crippen LogP) is 2.69. The molecule has 0 bridgehead atoms. The SMILES string of the molecule is Cc1noc(CCNC(=O)C2(c3ccc(F)cc3)CCCC2)n1. The lowest BCUT2D eigenvalue weighted by atomic mass is 9.78. The molecule has 1 aromatic carbocycles. The van der Waals surface area contributed by atoms with E-state index in [4.69, 9.17) is 4.52 Å². The van der Waals surface area contributed by atoms with E-state index in [1.165, 1.54) is 12.1 Å². The van der Waals surface area contributed by atoms with Gasteiger partial charge in [0.25, 0.3) is 0 Å². The summed E-state index contributed by atoms with van der Waals surface area (Å²) in [6.45, 7) is 2.21. The number of hydrogen-bond acceptors (Lipinski definition) is 4. The molecular weight excluding hydrogens is 297 g/mol. The van der Waals surface area contributed by atoms with Gasteiger partial charge in [-0.2, -0.15) is 4.98 Å². The van der Waals surface area contributed by atoms with Gasteiger partial charge in [0, 0.05) is 13.0 Å². The molecule has 1 aliphatic rings. The van der Waals surface area contributed by atoms with Crippen LogP contribution >= 0.6 is 0 Å². The Hall–Kier alpha value is -2.24. The number of rotatable bonds is 5. The number of amides is 1. The molecular formula is C17H20FN3O2. The summed E-state index contributed by atoms with van der Waals surface area (Å²) in [5.41, 5.74) is 0.348. The summed E-state index contributed by atoms with van der Waals surface area (Å²) in [6.07, 6.45) is 4.11. The number of aryl methyl sites for hydroxylation is 1. The Kier molecular flexibility index (Phi) is 4.41. The summed E-state index contributed by atoms with van der Waals surface area (Å²) in [6, 6.07) is 6.29. The summed E-state index contributed by atoms with van der Waals surface area (Å²) in [5.74, 6) is 0.821. The number of carbonyl (C=O) groups excluding carboxylic acids is 1. The molecule has 0 saturated heterocycles. The highest BCUT2D eigenvalue weighted by atomic mass is 19.1. The van der Waals surface area contributed by atoms with Crippen LogP contribution in [0.4, 0.5) is 4.39 Å². The average molecular weight is 317 g/mol. The van der Waals surface area contributed by atoms with E-state index < -0.39 is 5.41 Å². The predicted molar refractivity (Wildman–Crippen MR) is 82.3 cm³/mol. The lowest BCUT2D eigenvalue weighted by molar-refractivity contribution is -0.126. The molecule has 6 heteroatoms. The fourth-order valence-electron chi connectivity index (χ4n) is 3.29. The van der Waals surface area contributed by atoms with Crippen LogP contribution < -0.4 is 5.32 Å². The van der Waals surface area contributed by atoms with Crippen molar-refractivity contribution in [3.63, 3.8) is 0 Å². The number of halogens is 1. The molecule has 3 rings (SSSR count). The number of hydrogen-bond donors (Lipinski definition) is 1. The molecule has 0 spiro atoms. The van der Waals surface area contributed by atoms with Gasteiger partial charge in [-0.3, -0.25) is 4.79 Å². The maximum absolute atomic E-state index is 13.2. The van der Waals surface area contributed by atoms with Crippen LogP contribution in [0.15, 0.2) is 28.8 Å². The summed E-state index contributed by atoms with van der Waals surface area (Å²) in [4.78, 5) is 16.9. The second-order valence-corrected chi connectivity index (χ2v) is 6.04. The first-order valence-electron chi connectivity index (χ1n) is 7.94. The molecule has 0 atom stereocenters. The van der Waals surface area contributed by atoms with Gasteiger partial charge in [-0.25, -0.2) is 4.39 Å². The van der Waals surface area contributed by atoms with Crippen molar-refractivity contribution in [2.45, 2.75) is 44.4 Å². The van der Waals surface area contributed by atoms with Crippen molar-refractivity contribution in [1.29, 1.82) is 0 Å². The number of nitrogens with one attached hydrogen (secondary N) is 1. The number of nitrogens with zero attached hydrogens (tertiary/aromatic N) is 2. The van der Waals surface area contributed by atoms with Gasteiger partial charge in [-0.05, 0) is 37.5 Å². The van der Waals surface area contributed by atoms with Gasteiger partial charge in [-0.15, -0.1) is 0 Å². The van der Waals surface area contributed by atoms with Crippen LogP contribution in [-0.2, 0) is 16.6 Å². The average Bonchev–Trinajstić information content (AvgIpc) is 3.18. The Morgan fingerprint density at radius 2 is 2.00 bits per heavy atom. The van der Waals surface area contributed by atoms with Crippen LogP contribution in [0.25, 0.3) is 0 Å². The highest BCUT2D eigenvalue weighted by Crippen LogP contribution is 2.41. The molecule has 1 aliphatic carbocycles. The van der Waals surface area contributed by atoms with Crippen molar-refractivity contribution in [3.8, 4) is 0 Å². The molecule has 122 valence electrons. The highest BCUT2D eigenvalue weighted by molar-refractivity contribution is 5.88. The van der Waals surface area contributed by atoms with Crippen LogP contribution in [0, 0.1) is 12.7 Å². The van der Waals surface area contributed by atoms with Crippen molar-refractivity contribution in [2.24, 2.45) is 0 Å². The number of carbonyl (C=O) groups is 1. The Balaban J connectivity index is 1.68. The topological polar surface area (TPSA) is 68.0 Å². The maximum atomic E-state index is 13.2. The van der Waals surface area contributed by atoms with E-state index in [9.17, 15) is 9.18 Å². The summed E-state index contributed by atoms with van der Waals surface area (Å²) >= 11 is 0. The molecule has 1 aromatic heterocycles. The van der Waals surface area contributed by atoms with E-state index in [1.807, 2.05) is 0 Å². The minimum Gasteiger partial charge on any atom is -0.355 e. The molecule has 1 fully saturated rings. The zero-order chi connectivity index (χ0) is 16.3. The first kappa shape index (κ1) is 15.6. The van der Waals surface area contributed by atoms with Gasteiger partial charge in [-0.1, -0.05) is 30.1 Å². The molecule has 0 unspecified atom stereocenters. The zero-order valence-electron chi connectivity index (χ0n) is 13.1. The smallest absolute Gasteiger partial charge is 0.230 e. The monoisotopic (exact) mass is 317 g/mol. The van der Waals surface area contributed by atoms with E-state index in [-0.39, 0.29) is 11.7 Å². The standard InChI is InChI=1S/C17H20FN3O2/c1-12-20-15(23-21-12)8-11-19-16(22)17(9-2-3-10-17)13-4-6-14(18)7-5-13/h4-7H,2-3,8-11H2,1H3,(H,19,22). The summed E-state index contributed by atoms with van der Waals surface area (Å²) < 4.78 is 18.2. The van der Waals surface area contributed by atoms with Crippen LogP contribution in [0.1, 0.15) is 43.0 Å². The van der Waals surface area contributed by atoms with Crippen molar-refractivity contribution < 1.29 is 13.7 Å². The van der Waals surface area contributed by atoms with Crippen LogP contribution in [0.5, 0.6) is 0 Å². The van der Waals surface area contributed by atoms with Gasteiger partial charge in [0.2, 0.25) is 11.8 Å². The molecule has 1 saturated carbocycles. The maximum Gasteiger partial charge on any atom is 0.230 e. The lowest BCUT2D eigenvalue weighted by Crippen LogP contribution is -2.43. The first-order chi connectivity index (χ1) is 11.1. The third-order valence-corrected chi connectivity index (χ3v) is 4.48. The fourth-order valence-corrected chi connectivity index (χ4v) is 3.29. The number of aromatic nitrogens is 2. The van der Waals surface area contributed by atoms with E-state index >= 15 is 0 Å². The van der Waals surface area contributed by atoms with Crippen molar-refractivity contribution in [2.75, 3.05) is 6.54 Å². The molecule has 1 amide bonds. The molecule has 1 N–H and O–H groups in total. The number of benzene rings is 1. The van der Waals surface area contributed by atoms with Crippen LogP contribution in [-0.4, -0.2) is 22.6 Å². The Morgan fingerprint density at radius 3 is 2.61 bits per heavy atom. The molecule has 0 aliphatic heterocycles. The van der Waals surface area contributed by atoms with Gasteiger partial charge < -0.3 is 9.84 Å². The van der Waals surface area contributed by atoms with Crippen molar-refractivity contribution in [3.05, 3.63) is 47.4 Å². The Bertz CT molecular complexity index is 675. The van der Waals surface area contributed by atoms with Crippen LogP contribution in [0.2, 0.25) is 0 Å². The van der Waals surface area contributed by atoms with Crippen molar-refractivity contribution >= 4 is 5.91 Å². The van der Waals surface area contributed by atoms with Gasteiger partial charge in [0.1, 0.15) is 5.82 Å². The van der Waals surface area contributed by atoms with Gasteiger partial charge in [0.15, 0.2) is 5.82 Å². The van der Waals surface area contributed by atoms with E-state index in [2.05, 4.69) is 15.5 Å². The molecule has 5 nitrogen and oxygen atoms in total. The molecule has 0 radical (unpaired) electrons. The van der Waals surface area contributed by atoms with Gasteiger partial charge >= 0.3 is 0 Å². The fraction of sp³-hybridized carbons (Fsp3) is 0.471. The highest BCUT2D eigenvalue weighted by Gasteiger charge is 2.42. The first-order valence-corrected chi connectivity index (χ1v) is 7.94. The van der Waals surface area contributed by atoms with E-state index in [0.29, 0.717) is 24.7 Å². The largest absolute Gasteiger partial charge is 0.355 e. The van der Waals surface area contributed by atoms with Crippen molar-refractivity contribution in [1.82, 2.24) is 15.5 Å². The Morgan fingerprint density at radius 1 is 1.30 bits per heavy atom. The zero-order valence-corrected chi connectivity index (χ0v) is 13.1. The second kappa shape index (κ2) is 6.48. The lowest BCUT2D eigenvalue weighted by Gasteiger charge is -2.28. The molecule has 23 heavy (non-hydrogen) atoms. The Labute approximate surface area is 134 Å². The molecule has 2 aromatic rings. The minimum absolute atomic E-state index is 0.00199. The summed E-state index contributed by atoms with van der Waals surface area (Å²) in [7, 11) is 0. The second-order valence-electron chi connectivity index (χ2n) is 6.04. The molecule has 1 heterocycles. The van der Waals surface area contributed by atoms with E-state index in [1.54, 1.807) is 19.1 Å². The quantitative estimate of drug-likeness (QED) is 0.920. The van der Waals surface area contributed by atoms with E-state index in [0.717, 1.165) is 31.2 Å². The van der Waals surface area contributed by atoms with Crippen LogP contribution in [0.3, 0.4) is 0 Å². The third-order valence-electron chi connectivity index (χ3n) is 4.48.